The first-order chi connectivity index (χ1) is 13.3. The van der Waals surface area contributed by atoms with Crippen LogP contribution in [0.25, 0.3) is 0 Å². The lowest BCUT2D eigenvalue weighted by atomic mass is 10.1. The molecule has 0 spiro atoms. The summed E-state index contributed by atoms with van der Waals surface area (Å²) in [4.78, 5) is 11.5. The van der Waals surface area contributed by atoms with E-state index in [0.29, 0.717) is 12.1 Å². The molecule has 0 bridgehead atoms. The summed E-state index contributed by atoms with van der Waals surface area (Å²) in [5, 5.41) is 11.2. The van der Waals surface area contributed by atoms with Gasteiger partial charge >= 0.3 is 0 Å². The second-order valence-electron chi connectivity index (χ2n) is 8.05. The molecule has 0 aromatic carbocycles. The topological polar surface area (TPSA) is 79.0 Å². The van der Waals surface area contributed by atoms with Gasteiger partial charge in [-0.2, -0.15) is 5.10 Å². The van der Waals surface area contributed by atoms with Crippen molar-refractivity contribution in [2.24, 2.45) is 0 Å². The lowest BCUT2D eigenvalue weighted by Crippen LogP contribution is -2.26. The van der Waals surface area contributed by atoms with Crippen LogP contribution in [-0.4, -0.2) is 57.4 Å². The highest BCUT2D eigenvalue weighted by molar-refractivity contribution is 5.32. The molecular weight excluding hydrogens is 340 g/mol. The monoisotopic (exact) mass is 368 g/mol. The van der Waals surface area contributed by atoms with E-state index in [0.717, 1.165) is 64.4 Å². The van der Waals surface area contributed by atoms with Crippen LogP contribution in [-0.2, 0) is 24.1 Å². The standard InChI is InChI=1S/C20H28N6O/c1-2-16(27-9-1)12-23-20-21-10-14(11-22-20)13-26-7-5-17-18(6-8-26)24-25-19(17)15-3-4-15/h10-11,15-16H,1-9,12-13H2,(H,24,25)(H,21,22,23). The maximum absolute atomic E-state index is 5.63. The molecule has 7 heteroatoms. The summed E-state index contributed by atoms with van der Waals surface area (Å²) in [5.41, 5.74) is 5.36. The predicted octanol–water partition coefficient (Wildman–Crippen LogP) is 2.27. The minimum atomic E-state index is 0.303. The summed E-state index contributed by atoms with van der Waals surface area (Å²) in [6, 6.07) is 0. The number of anilines is 1. The first-order valence-electron chi connectivity index (χ1n) is 10.3. The first kappa shape index (κ1) is 17.1. The number of hydrogen-bond acceptors (Lipinski definition) is 6. The molecule has 1 saturated heterocycles. The van der Waals surface area contributed by atoms with Crippen molar-refractivity contribution in [3.63, 3.8) is 0 Å². The molecule has 27 heavy (non-hydrogen) atoms. The quantitative estimate of drug-likeness (QED) is 0.814. The fourth-order valence-electron chi connectivity index (χ4n) is 4.20. The Bertz CT molecular complexity index is 763. The van der Waals surface area contributed by atoms with Gasteiger partial charge in [-0.3, -0.25) is 10.00 Å². The van der Waals surface area contributed by atoms with Gasteiger partial charge in [-0.15, -0.1) is 0 Å². The average Bonchev–Trinajstić information content (AvgIpc) is 3.31. The second-order valence-corrected chi connectivity index (χ2v) is 8.05. The van der Waals surface area contributed by atoms with Crippen LogP contribution in [0.4, 0.5) is 5.95 Å². The third-order valence-corrected chi connectivity index (χ3v) is 5.93. The highest BCUT2D eigenvalue weighted by Gasteiger charge is 2.31. The van der Waals surface area contributed by atoms with E-state index < -0.39 is 0 Å². The molecular formula is C20H28N6O. The van der Waals surface area contributed by atoms with E-state index in [9.17, 15) is 0 Å². The van der Waals surface area contributed by atoms with E-state index in [2.05, 4.69) is 30.4 Å². The smallest absolute Gasteiger partial charge is 0.222 e. The van der Waals surface area contributed by atoms with Gasteiger partial charge in [0, 0.05) is 68.8 Å². The predicted molar refractivity (Wildman–Crippen MR) is 103 cm³/mol. The Morgan fingerprint density at radius 2 is 2.00 bits per heavy atom. The molecule has 4 heterocycles. The van der Waals surface area contributed by atoms with E-state index in [-0.39, 0.29) is 0 Å². The minimum absolute atomic E-state index is 0.303. The molecule has 1 saturated carbocycles. The number of rotatable bonds is 6. The second kappa shape index (κ2) is 7.56. The van der Waals surface area contributed by atoms with Crippen LogP contribution >= 0.6 is 0 Å². The lowest BCUT2D eigenvalue weighted by molar-refractivity contribution is 0.120. The number of ether oxygens (including phenoxy) is 1. The van der Waals surface area contributed by atoms with Crippen LogP contribution in [0, 0.1) is 0 Å². The van der Waals surface area contributed by atoms with E-state index in [4.69, 9.17) is 4.74 Å². The Hall–Kier alpha value is -1.99. The fraction of sp³-hybridized carbons (Fsp3) is 0.650. The van der Waals surface area contributed by atoms with Gasteiger partial charge in [0.2, 0.25) is 5.95 Å². The van der Waals surface area contributed by atoms with Crippen LogP contribution in [0.2, 0.25) is 0 Å². The summed E-state index contributed by atoms with van der Waals surface area (Å²) in [7, 11) is 0. The van der Waals surface area contributed by atoms with E-state index >= 15 is 0 Å². The lowest BCUT2D eigenvalue weighted by Gasteiger charge is -2.19. The van der Waals surface area contributed by atoms with Gasteiger partial charge in [0.25, 0.3) is 0 Å². The molecule has 2 N–H and O–H groups in total. The molecule has 2 fully saturated rings. The van der Waals surface area contributed by atoms with E-state index in [1.54, 1.807) is 0 Å². The average molecular weight is 368 g/mol. The van der Waals surface area contributed by atoms with Gasteiger partial charge in [0.15, 0.2) is 0 Å². The zero-order valence-corrected chi connectivity index (χ0v) is 15.8. The molecule has 2 aromatic heterocycles. The highest BCUT2D eigenvalue weighted by atomic mass is 16.5. The van der Waals surface area contributed by atoms with Crippen molar-refractivity contribution >= 4 is 5.95 Å². The van der Waals surface area contributed by atoms with E-state index in [1.165, 1.54) is 35.4 Å². The van der Waals surface area contributed by atoms with Crippen LogP contribution in [0.1, 0.15) is 54.1 Å². The van der Waals surface area contributed by atoms with Crippen molar-refractivity contribution in [2.75, 3.05) is 31.6 Å². The van der Waals surface area contributed by atoms with Gasteiger partial charge in [-0.1, -0.05) is 0 Å². The maximum Gasteiger partial charge on any atom is 0.222 e. The van der Waals surface area contributed by atoms with Gasteiger partial charge < -0.3 is 10.1 Å². The number of nitrogens with zero attached hydrogens (tertiary/aromatic N) is 4. The summed E-state index contributed by atoms with van der Waals surface area (Å²) < 4.78 is 5.63. The van der Waals surface area contributed by atoms with Gasteiger partial charge in [-0.25, -0.2) is 9.97 Å². The number of fused-ring (bicyclic) bond motifs is 1. The van der Waals surface area contributed by atoms with Gasteiger partial charge in [0.05, 0.1) is 11.8 Å². The molecule has 5 rings (SSSR count). The molecule has 3 aliphatic rings. The van der Waals surface area contributed by atoms with E-state index in [1.807, 2.05) is 12.4 Å². The molecule has 7 nitrogen and oxygen atoms in total. The molecule has 0 amide bonds. The van der Waals surface area contributed by atoms with Crippen LogP contribution < -0.4 is 5.32 Å². The van der Waals surface area contributed by atoms with Gasteiger partial charge in [0.1, 0.15) is 0 Å². The Labute approximate surface area is 159 Å². The van der Waals surface area contributed by atoms with Crippen molar-refractivity contribution < 1.29 is 4.74 Å². The van der Waals surface area contributed by atoms with Crippen molar-refractivity contribution in [1.29, 1.82) is 0 Å². The summed E-state index contributed by atoms with van der Waals surface area (Å²) in [6.45, 7) is 4.70. The highest BCUT2D eigenvalue weighted by Crippen LogP contribution is 2.41. The molecule has 1 atom stereocenters. The van der Waals surface area contributed by atoms with Crippen LogP contribution in [0.3, 0.4) is 0 Å². The molecule has 0 radical (unpaired) electrons. The maximum atomic E-state index is 5.63. The fourth-order valence-corrected chi connectivity index (χ4v) is 4.20. The number of nitrogens with one attached hydrogen (secondary N) is 2. The molecule has 144 valence electrons. The first-order valence-corrected chi connectivity index (χ1v) is 10.3. The van der Waals surface area contributed by atoms with Crippen molar-refractivity contribution in [3.05, 3.63) is 34.9 Å². The van der Waals surface area contributed by atoms with Crippen molar-refractivity contribution in [1.82, 2.24) is 25.1 Å². The summed E-state index contributed by atoms with van der Waals surface area (Å²) in [5.74, 6) is 1.42. The third kappa shape index (κ3) is 3.99. The molecule has 2 aliphatic heterocycles. The zero-order chi connectivity index (χ0) is 18.1. The number of aromatic nitrogens is 4. The Kier molecular flexibility index (Phi) is 4.80. The largest absolute Gasteiger partial charge is 0.376 e. The van der Waals surface area contributed by atoms with Gasteiger partial charge in [-0.05, 0) is 37.7 Å². The normalized spacial score (nSPS) is 23.2. The molecule has 1 unspecified atom stereocenters. The number of H-pyrrole nitrogens is 1. The summed E-state index contributed by atoms with van der Waals surface area (Å²) in [6.07, 6.45) is 11.3. The Morgan fingerprint density at radius 3 is 2.78 bits per heavy atom. The zero-order valence-electron chi connectivity index (χ0n) is 15.8. The van der Waals surface area contributed by atoms with Crippen LogP contribution in [0.5, 0.6) is 0 Å². The van der Waals surface area contributed by atoms with Crippen LogP contribution in [0.15, 0.2) is 12.4 Å². The number of hydrogen-bond donors (Lipinski definition) is 2. The van der Waals surface area contributed by atoms with Crippen molar-refractivity contribution in [2.45, 2.75) is 57.1 Å². The third-order valence-electron chi connectivity index (χ3n) is 5.93. The SMILES string of the molecule is c1nc(NCC2CCCO2)ncc1CN1CCc2[nH]nc(C3CC3)c2CC1. The summed E-state index contributed by atoms with van der Waals surface area (Å²) >= 11 is 0. The van der Waals surface area contributed by atoms with Crippen molar-refractivity contribution in [3.8, 4) is 0 Å². The minimum Gasteiger partial charge on any atom is -0.376 e. The molecule has 1 aliphatic carbocycles. The number of aromatic amines is 1. The molecule has 2 aromatic rings. The Morgan fingerprint density at radius 1 is 1.15 bits per heavy atom. The Balaban J connectivity index is 1.15.